The number of halogens is 3. The molecule has 0 unspecified atom stereocenters. The van der Waals surface area contributed by atoms with Gasteiger partial charge in [0.1, 0.15) is 12.2 Å². The molecule has 7 nitrogen and oxygen atoms in total. The van der Waals surface area contributed by atoms with Crippen LogP contribution < -0.4 is 19.7 Å². The smallest absolute Gasteiger partial charge is 0.335 e. The van der Waals surface area contributed by atoms with E-state index in [4.69, 9.17) is 21.1 Å². The third-order valence-corrected chi connectivity index (χ3v) is 6.99. The summed E-state index contributed by atoms with van der Waals surface area (Å²) < 4.78 is 13.5. The Labute approximate surface area is 234 Å². The van der Waals surface area contributed by atoms with Gasteiger partial charge < -0.3 is 9.47 Å². The molecule has 10 heteroatoms. The minimum atomic E-state index is -0.829. The van der Waals surface area contributed by atoms with Crippen LogP contribution in [-0.4, -0.2) is 24.5 Å². The Morgan fingerprint density at radius 3 is 2.47 bits per heavy atom. The second-order valence-electron chi connectivity index (χ2n) is 7.58. The second kappa shape index (κ2) is 11.4. The molecule has 0 radical (unpaired) electrons. The largest absolute Gasteiger partial charge is 0.490 e. The Morgan fingerprint density at radius 1 is 1.06 bits per heavy atom. The first-order chi connectivity index (χ1) is 17.3. The Hall–Kier alpha value is -2.89. The van der Waals surface area contributed by atoms with Gasteiger partial charge in [0.05, 0.1) is 15.9 Å². The van der Waals surface area contributed by atoms with E-state index in [0.29, 0.717) is 41.0 Å². The first-order valence-corrected chi connectivity index (χ1v) is 13.0. The molecule has 0 saturated carbocycles. The molecular weight excluding hydrogens is 663 g/mol. The van der Waals surface area contributed by atoms with Gasteiger partial charge in [-0.3, -0.25) is 14.9 Å². The predicted octanol–water partition coefficient (Wildman–Crippen LogP) is 6.35. The molecule has 1 saturated heterocycles. The third-order valence-electron chi connectivity index (χ3n) is 5.16. The molecule has 4 amide bonds. The first kappa shape index (κ1) is 26.2. The summed E-state index contributed by atoms with van der Waals surface area (Å²) in [6, 6.07) is 16.6. The summed E-state index contributed by atoms with van der Waals surface area (Å²) in [5.41, 5.74) is 1.61. The van der Waals surface area contributed by atoms with Crippen LogP contribution in [0.5, 0.6) is 11.5 Å². The summed E-state index contributed by atoms with van der Waals surface area (Å²) in [5.74, 6) is -0.504. The highest BCUT2D eigenvalue weighted by Crippen LogP contribution is 2.36. The summed E-state index contributed by atoms with van der Waals surface area (Å²) in [5, 5.41) is 2.67. The van der Waals surface area contributed by atoms with Gasteiger partial charge in [0.2, 0.25) is 0 Å². The van der Waals surface area contributed by atoms with E-state index in [1.165, 1.54) is 18.2 Å². The van der Waals surface area contributed by atoms with Gasteiger partial charge >= 0.3 is 6.03 Å². The summed E-state index contributed by atoms with van der Waals surface area (Å²) in [4.78, 5) is 39.1. The van der Waals surface area contributed by atoms with Crippen LogP contribution in [0.2, 0.25) is 5.02 Å². The molecule has 0 aromatic heterocycles. The number of nitrogens with zero attached hydrogens (tertiary/aromatic N) is 1. The lowest BCUT2D eigenvalue weighted by Gasteiger charge is -2.26. The maximum Gasteiger partial charge on any atom is 0.335 e. The maximum atomic E-state index is 13.2. The van der Waals surface area contributed by atoms with Crippen molar-refractivity contribution in [1.82, 2.24) is 5.32 Å². The molecule has 36 heavy (non-hydrogen) atoms. The van der Waals surface area contributed by atoms with E-state index in [0.717, 1.165) is 18.5 Å². The standard InChI is InChI=1S/C26H19BrClIN2O5/c1-2-35-22-13-15(12-21(29)23(22)36-14-16-5-3-4-6-20(16)27)11-19-24(32)30-26(34)31(25(19)33)18-9-7-17(28)8-10-18/h3-13H,2,14H2,1H3,(H,30,32,34)/b19-11+. The molecule has 3 aromatic carbocycles. The SMILES string of the molecule is CCOc1cc(/C=C2\C(=O)NC(=O)N(c3ccc(Cl)cc3)C2=O)cc(I)c1OCc1ccccc1Br. The van der Waals surface area contributed by atoms with Gasteiger partial charge in [-0.2, -0.15) is 0 Å². The number of ether oxygens (including phenoxy) is 2. The molecule has 3 aromatic rings. The monoisotopic (exact) mass is 680 g/mol. The van der Waals surface area contributed by atoms with Crippen molar-refractivity contribution in [1.29, 1.82) is 0 Å². The molecule has 1 aliphatic heterocycles. The van der Waals surface area contributed by atoms with E-state index in [-0.39, 0.29) is 5.57 Å². The number of amides is 4. The van der Waals surface area contributed by atoms with Gasteiger partial charge in [-0.1, -0.05) is 45.7 Å². The lowest BCUT2D eigenvalue weighted by atomic mass is 10.1. The highest BCUT2D eigenvalue weighted by molar-refractivity contribution is 14.1. The number of imide groups is 2. The quantitative estimate of drug-likeness (QED) is 0.179. The van der Waals surface area contributed by atoms with Crippen molar-refractivity contribution in [3.8, 4) is 11.5 Å². The number of urea groups is 1. The highest BCUT2D eigenvalue weighted by Gasteiger charge is 2.36. The summed E-state index contributed by atoms with van der Waals surface area (Å²) in [7, 11) is 0. The van der Waals surface area contributed by atoms with Crippen molar-refractivity contribution >= 4 is 79.7 Å². The van der Waals surface area contributed by atoms with Crippen LogP contribution in [0.25, 0.3) is 6.08 Å². The van der Waals surface area contributed by atoms with Gasteiger partial charge in [0.15, 0.2) is 11.5 Å². The van der Waals surface area contributed by atoms with Gasteiger partial charge in [0.25, 0.3) is 11.8 Å². The Bertz CT molecular complexity index is 1380. The van der Waals surface area contributed by atoms with Crippen LogP contribution in [0.15, 0.2) is 70.7 Å². The van der Waals surface area contributed by atoms with E-state index in [2.05, 4.69) is 43.8 Å². The van der Waals surface area contributed by atoms with Crippen LogP contribution in [-0.2, 0) is 16.2 Å². The number of barbiturate groups is 1. The van der Waals surface area contributed by atoms with Crippen molar-refractivity contribution < 1.29 is 23.9 Å². The minimum Gasteiger partial charge on any atom is -0.490 e. The zero-order valence-corrected chi connectivity index (χ0v) is 23.4. The Morgan fingerprint density at radius 2 is 1.78 bits per heavy atom. The molecule has 1 N–H and O–H groups in total. The fourth-order valence-corrected chi connectivity index (χ4v) is 4.79. The summed E-state index contributed by atoms with van der Waals surface area (Å²) >= 11 is 11.6. The predicted molar refractivity (Wildman–Crippen MR) is 149 cm³/mol. The lowest BCUT2D eigenvalue weighted by molar-refractivity contribution is -0.122. The normalized spacial score (nSPS) is 14.7. The number of benzene rings is 3. The molecule has 0 atom stereocenters. The van der Waals surface area contributed by atoms with Crippen molar-refractivity contribution in [2.24, 2.45) is 0 Å². The Kier molecular flexibility index (Phi) is 8.32. The van der Waals surface area contributed by atoms with Gasteiger partial charge in [-0.25, -0.2) is 9.69 Å². The van der Waals surface area contributed by atoms with Gasteiger partial charge in [-0.05, 0) is 83.6 Å². The Balaban J connectivity index is 1.66. The van der Waals surface area contributed by atoms with Crippen molar-refractivity contribution in [2.75, 3.05) is 11.5 Å². The number of anilines is 1. The van der Waals surface area contributed by atoms with Crippen LogP contribution >= 0.6 is 50.1 Å². The zero-order chi connectivity index (χ0) is 25.8. The average molecular weight is 682 g/mol. The van der Waals surface area contributed by atoms with Crippen molar-refractivity contribution in [2.45, 2.75) is 13.5 Å². The van der Waals surface area contributed by atoms with E-state index in [9.17, 15) is 14.4 Å². The van der Waals surface area contributed by atoms with Crippen LogP contribution in [0.4, 0.5) is 10.5 Å². The topological polar surface area (TPSA) is 84.9 Å². The molecule has 0 bridgehead atoms. The van der Waals surface area contributed by atoms with E-state index < -0.39 is 17.8 Å². The number of hydrogen-bond donors (Lipinski definition) is 1. The molecule has 4 rings (SSSR count). The van der Waals surface area contributed by atoms with Crippen LogP contribution in [0.1, 0.15) is 18.1 Å². The average Bonchev–Trinajstić information content (AvgIpc) is 2.83. The molecule has 0 spiro atoms. The molecule has 1 fully saturated rings. The van der Waals surface area contributed by atoms with Gasteiger partial charge in [0, 0.05) is 15.1 Å². The third kappa shape index (κ3) is 5.74. The molecule has 184 valence electrons. The van der Waals surface area contributed by atoms with E-state index >= 15 is 0 Å². The summed E-state index contributed by atoms with van der Waals surface area (Å²) in [6.07, 6.45) is 1.43. The molecular formula is C26H19BrClIN2O5. The van der Waals surface area contributed by atoms with Crippen LogP contribution in [0.3, 0.4) is 0 Å². The van der Waals surface area contributed by atoms with Crippen molar-refractivity contribution in [3.63, 3.8) is 0 Å². The number of carbonyl (C=O) groups is 3. The number of carbonyl (C=O) groups excluding carboxylic acids is 3. The molecule has 1 aliphatic rings. The maximum absolute atomic E-state index is 13.2. The highest BCUT2D eigenvalue weighted by atomic mass is 127. The van der Waals surface area contributed by atoms with E-state index in [1.807, 2.05) is 31.2 Å². The number of hydrogen-bond acceptors (Lipinski definition) is 5. The molecule has 0 aliphatic carbocycles. The van der Waals surface area contributed by atoms with Crippen molar-refractivity contribution in [3.05, 3.63) is 90.4 Å². The number of nitrogens with one attached hydrogen (secondary N) is 1. The number of rotatable bonds is 7. The summed E-state index contributed by atoms with van der Waals surface area (Å²) in [6.45, 7) is 2.56. The fraction of sp³-hybridized carbons (Fsp3) is 0.115. The second-order valence-corrected chi connectivity index (χ2v) is 10.0. The van der Waals surface area contributed by atoms with E-state index in [1.54, 1.807) is 24.3 Å². The van der Waals surface area contributed by atoms with Crippen LogP contribution in [0, 0.1) is 3.57 Å². The fourth-order valence-electron chi connectivity index (χ4n) is 3.49. The first-order valence-electron chi connectivity index (χ1n) is 10.8. The van der Waals surface area contributed by atoms with Gasteiger partial charge in [-0.15, -0.1) is 0 Å². The minimum absolute atomic E-state index is 0.190. The lowest BCUT2D eigenvalue weighted by Crippen LogP contribution is -2.54. The molecule has 1 heterocycles. The zero-order valence-electron chi connectivity index (χ0n) is 18.9.